The highest BCUT2D eigenvalue weighted by atomic mass is 35.5. The molecule has 0 aliphatic heterocycles. The molecule has 0 N–H and O–H groups in total. The maximum Gasteiger partial charge on any atom is 0.171 e. The van der Waals surface area contributed by atoms with E-state index in [0.29, 0.717) is 17.1 Å². The van der Waals surface area contributed by atoms with Gasteiger partial charge in [-0.05, 0) is 18.6 Å². The molecule has 0 aliphatic rings. The van der Waals surface area contributed by atoms with Crippen LogP contribution >= 0.6 is 11.6 Å². The quantitative estimate of drug-likeness (QED) is 0.652. The third-order valence-electron chi connectivity index (χ3n) is 1.84. The Bertz CT molecular complexity index is 476. The van der Waals surface area contributed by atoms with Gasteiger partial charge in [-0.3, -0.25) is 9.20 Å². The van der Waals surface area contributed by atoms with Crippen LogP contribution in [0.25, 0.3) is 5.65 Å². The van der Waals surface area contributed by atoms with Crippen molar-refractivity contribution < 1.29 is 4.79 Å². The molecule has 0 unspecified atom stereocenters. The molecule has 0 fully saturated rings. The maximum absolute atomic E-state index is 10.5. The monoisotopic (exact) mass is 194 g/mol. The van der Waals surface area contributed by atoms with Gasteiger partial charge in [-0.25, -0.2) is 4.98 Å². The first-order valence-corrected chi connectivity index (χ1v) is 4.19. The van der Waals surface area contributed by atoms with Gasteiger partial charge >= 0.3 is 0 Å². The van der Waals surface area contributed by atoms with Crippen LogP contribution in [0.15, 0.2) is 18.3 Å². The van der Waals surface area contributed by atoms with Gasteiger partial charge in [-0.1, -0.05) is 17.7 Å². The number of fused-ring (bicyclic) bond motifs is 1. The molecule has 2 rings (SSSR count). The summed E-state index contributed by atoms with van der Waals surface area (Å²) in [5.74, 6) is 0. The summed E-state index contributed by atoms with van der Waals surface area (Å²) in [4.78, 5) is 14.6. The van der Waals surface area contributed by atoms with Crippen LogP contribution in [0.3, 0.4) is 0 Å². The molecule has 0 saturated carbocycles. The van der Waals surface area contributed by atoms with Gasteiger partial charge in [-0.15, -0.1) is 0 Å². The molecule has 0 saturated heterocycles. The minimum atomic E-state index is 0.285. The second-order valence-corrected chi connectivity index (χ2v) is 3.20. The molecule has 0 aliphatic carbocycles. The molecule has 0 radical (unpaired) electrons. The van der Waals surface area contributed by atoms with Gasteiger partial charge in [0.05, 0.1) is 0 Å². The number of carbonyl (C=O) groups excluding carboxylic acids is 1. The fourth-order valence-electron chi connectivity index (χ4n) is 1.22. The molecule has 2 aromatic rings. The second-order valence-electron chi connectivity index (χ2n) is 2.84. The molecule has 0 atom stereocenters. The summed E-state index contributed by atoms with van der Waals surface area (Å²) < 4.78 is 1.70. The van der Waals surface area contributed by atoms with Gasteiger partial charge in [0.1, 0.15) is 16.5 Å². The molecule has 2 heterocycles. The zero-order valence-corrected chi connectivity index (χ0v) is 7.75. The molecule has 0 amide bonds. The Morgan fingerprint density at radius 3 is 3.00 bits per heavy atom. The largest absolute Gasteiger partial charge is 0.296 e. The van der Waals surface area contributed by atoms with E-state index in [1.165, 1.54) is 0 Å². The molecular weight excluding hydrogens is 188 g/mol. The number of imidazole rings is 1. The van der Waals surface area contributed by atoms with Crippen LogP contribution in [0.5, 0.6) is 0 Å². The van der Waals surface area contributed by atoms with Crippen molar-refractivity contribution in [2.75, 3.05) is 0 Å². The molecular formula is C9H7ClN2O. The predicted octanol–water partition coefficient (Wildman–Crippen LogP) is 2.11. The van der Waals surface area contributed by atoms with Gasteiger partial charge in [0.15, 0.2) is 6.29 Å². The van der Waals surface area contributed by atoms with Gasteiger partial charge in [0.25, 0.3) is 0 Å². The van der Waals surface area contributed by atoms with Crippen molar-refractivity contribution in [3.8, 4) is 0 Å². The van der Waals surface area contributed by atoms with Crippen LogP contribution in [0.2, 0.25) is 5.15 Å². The summed E-state index contributed by atoms with van der Waals surface area (Å²) in [6.07, 6.45) is 2.50. The van der Waals surface area contributed by atoms with E-state index in [4.69, 9.17) is 11.6 Å². The summed E-state index contributed by atoms with van der Waals surface area (Å²) in [6.45, 7) is 1.95. The van der Waals surface area contributed by atoms with E-state index in [1.54, 1.807) is 4.40 Å². The standard InChI is InChI=1S/C9H7ClN2O/c1-6-2-3-8-11-7(5-13)9(10)12(8)4-6/h2-5H,1H3. The van der Waals surface area contributed by atoms with Gasteiger partial charge < -0.3 is 0 Å². The highest BCUT2D eigenvalue weighted by Gasteiger charge is 2.07. The number of rotatable bonds is 1. The van der Waals surface area contributed by atoms with Crippen LogP contribution in [0.1, 0.15) is 16.1 Å². The zero-order valence-electron chi connectivity index (χ0n) is 6.99. The van der Waals surface area contributed by atoms with Crippen molar-refractivity contribution in [1.29, 1.82) is 0 Å². The Morgan fingerprint density at radius 1 is 1.54 bits per heavy atom. The smallest absolute Gasteiger partial charge is 0.171 e. The number of hydrogen-bond acceptors (Lipinski definition) is 2. The first-order valence-electron chi connectivity index (χ1n) is 3.82. The molecule has 0 bridgehead atoms. The zero-order chi connectivity index (χ0) is 9.42. The summed E-state index contributed by atoms with van der Waals surface area (Å²) in [7, 11) is 0. The van der Waals surface area contributed by atoms with E-state index in [2.05, 4.69) is 4.98 Å². The maximum atomic E-state index is 10.5. The average molecular weight is 195 g/mol. The highest BCUT2D eigenvalue weighted by Crippen LogP contribution is 2.17. The van der Waals surface area contributed by atoms with E-state index in [-0.39, 0.29) is 5.69 Å². The van der Waals surface area contributed by atoms with Crippen molar-refractivity contribution in [1.82, 2.24) is 9.38 Å². The Balaban J connectivity index is 2.84. The molecule has 66 valence electrons. The lowest BCUT2D eigenvalue weighted by atomic mass is 10.3. The van der Waals surface area contributed by atoms with Crippen molar-refractivity contribution in [3.05, 3.63) is 34.7 Å². The molecule has 4 heteroatoms. The van der Waals surface area contributed by atoms with E-state index in [1.807, 2.05) is 25.3 Å². The number of aromatic nitrogens is 2. The highest BCUT2D eigenvalue weighted by molar-refractivity contribution is 6.32. The van der Waals surface area contributed by atoms with Crippen molar-refractivity contribution in [2.45, 2.75) is 6.92 Å². The third kappa shape index (κ3) is 1.21. The molecule has 0 aromatic carbocycles. The third-order valence-corrected chi connectivity index (χ3v) is 2.22. The first kappa shape index (κ1) is 8.26. The number of aryl methyl sites for hydroxylation is 1. The normalized spacial score (nSPS) is 10.6. The SMILES string of the molecule is Cc1ccc2nc(C=O)c(Cl)n2c1. The van der Waals surface area contributed by atoms with E-state index >= 15 is 0 Å². The van der Waals surface area contributed by atoms with E-state index in [0.717, 1.165) is 5.56 Å². The lowest BCUT2D eigenvalue weighted by Gasteiger charge is -1.95. The van der Waals surface area contributed by atoms with E-state index < -0.39 is 0 Å². The number of nitrogens with zero attached hydrogens (tertiary/aromatic N) is 2. The molecule has 13 heavy (non-hydrogen) atoms. The Hall–Kier alpha value is -1.35. The lowest BCUT2D eigenvalue weighted by molar-refractivity contribution is 0.111. The van der Waals surface area contributed by atoms with E-state index in [9.17, 15) is 4.79 Å². The van der Waals surface area contributed by atoms with Crippen LogP contribution in [-0.4, -0.2) is 15.7 Å². The first-order chi connectivity index (χ1) is 6.22. The van der Waals surface area contributed by atoms with Gasteiger partial charge in [0.2, 0.25) is 0 Å². The number of pyridine rings is 1. The minimum absolute atomic E-state index is 0.285. The number of hydrogen-bond donors (Lipinski definition) is 0. The van der Waals surface area contributed by atoms with Crippen LogP contribution in [-0.2, 0) is 0 Å². The van der Waals surface area contributed by atoms with Crippen LogP contribution in [0, 0.1) is 6.92 Å². The fraction of sp³-hybridized carbons (Fsp3) is 0.111. The van der Waals surface area contributed by atoms with Gasteiger partial charge in [-0.2, -0.15) is 0 Å². The summed E-state index contributed by atoms with van der Waals surface area (Å²) in [5.41, 5.74) is 2.05. The summed E-state index contributed by atoms with van der Waals surface area (Å²) in [5, 5.41) is 0.369. The topological polar surface area (TPSA) is 34.4 Å². The Labute approximate surface area is 80.0 Å². The second kappa shape index (κ2) is 2.85. The Kier molecular flexibility index (Phi) is 1.81. The molecule has 0 spiro atoms. The van der Waals surface area contributed by atoms with Crippen LogP contribution in [0.4, 0.5) is 0 Å². The van der Waals surface area contributed by atoms with Crippen LogP contribution < -0.4 is 0 Å². The summed E-state index contributed by atoms with van der Waals surface area (Å²) >= 11 is 5.90. The number of carbonyl (C=O) groups is 1. The average Bonchev–Trinajstić information content (AvgIpc) is 2.44. The lowest BCUT2D eigenvalue weighted by Crippen LogP contribution is -1.85. The van der Waals surface area contributed by atoms with Gasteiger partial charge in [0, 0.05) is 6.20 Å². The predicted molar refractivity (Wildman–Crippen MR) is 50.3 cm³/mol. The van der Waals surface area contributed by atoms with Crippen molar-refractivity contribution >= 4 is 23.5 Å². The number of halogens is 1. The molecule has 2 aromatic heterocycles. The molecule has 3 nitrogen and oxygen atoms in total. The Morgan fingerprint density at radius 2 is 2.31 bits per heavy atom. The fourth-order valence-corrected chi connectivity index (χ4v) is 1.44. The number of aldehydes is 1. The van der Waals surface area contributed by atoms with Crippen molar-refractivity contribution in [3.63, 3.8) is 0 Å². The minimum Gasteiger partial charge on any atom is -0.296 e. The van der Waals surface area contributed by atoms with Crippen molar-refractivity contribution in [2.24, 2.45) is 0 Å². The summed E-state index contributed by atoms with van der Waals surface area (Å²) in [6, 6.07) is 3.75.